The zero-order chi connectivity index (χ0) is 13.5. The summed E-state index contributed by atoms with van der Waals surface area (Å²) >= 11 is 0. The second kappa shape index (κ2) is 6.90. The minimum Gasteiger partial charge on any atom is -0.481 e. The maximum absolute atomic E-state index is 11.9. The number of carbonyl (C=O) groups excluding carboxylic acids is 1. The van der Waals surface area contributed by atoms with E-state index in [9.17, 15) is 13.8 Å². The highest BCUT2D eigenvalue weighted by Gasteiger charge is 2.17. The van der Waals surface area contributed by atoms with Gasteiger partial charge in [0.25, 0.3) is 0 Å². The Hall–Kier alpha value is -1.69. The van der Waals surface area contributed by atoms with Gasteiger partial charge in [0.1, 0.15) is 11.5 Å². The molecule has 0 spiro atoms. The van der Waals surface area contributed by atoms with Gasteiger partial charge < -0.3 is 10.0 Å². The largest absolute Gasteiger partial charge is 0.481 e. The van der Waals surface area contributed by atoms with Crippen LogP contribution in [0.2, 0.25) is 0 Å². The van der Waals surface area contributed by atoms with E-state index in [4.69, 9.17) is 5.11 Å². The normalized spacial score (nSPS) is 11.8. The molecule has 0 saturated heterocycles. The molecular formula is C12H15NO4S. The van der Waals surface area contributed by atoms with E-state index >= 15 is 0 Å². The summed E-state index contributed by atoms with van der Waals surface area (Å²) < 4.78 is 11.4. The first kappa shape index (κ1) is 14.4. The number of carboxylic acids is 1. The first-order chi connectivity index (χ1) is 8.54. The molecule has 1 atom stereocenters. The summed E-state index contributed by atoms with van der Waals surface area (Å²) in [6.07, 6.45) is 0. The minimum atomic E-state index is -1.67. The Morgan fingerprint density at radius 2 is 1.83 bits per heavy atom. The molecule has 0 saturated carbocycles. The molecule has 5 nitrogen and oxygen atoms in total. The van der Waals surface area contributed by atoms with Crippen LogP contribution in [0.3, 0.4) is 0 Å². The number of carboxylic acid groups (broad SMARTS) is 1. The molecule has 6 heteroatoms. The van der Waals surface area contributed by atoms with Gasteiger partial charge in [-0.1, -0.05) is 18.2 Å². The fourth-order valence-electron chi connectivity index (χ4n) is 1.52. The Bertz CT molecular complexity index is 447. The van der Waals surface area contributed by atoms with Crippen LogP contribution in [-0.4, -0.2) is 39.2 Å². The van der Waals surface area contributed by atoms with Gasteiger partial charge >= 0.3 is 5.97 Å². The molecule has 0 heterocycles. The number of hydrogen-bond acceptors (Lipinski definition) is 3. The third-order valence-corrected chi connectivity index (χ3v) is 3.39. The average molecular weight is 269 g/mol. The molecule has 1 amide bonds. The van der Waals surface area contributed by atoms with E-state index in [2.05, 4.69) is 0 Å². The lowest BCUT2D eigenvalue weighted by Gasteiger charge is -2.20. The number of nitrogens with zero attached hydrogens (tertiary/aromatic N) is 1. The topological polar surface area (TPSA) is 74.7 Å². The fraction of sp³-hybridized carbons (Fsp3) is 0.333. The van der Waals surface area contributed by atoms with Crippen LogP contribution in [0.15, 0.2) is 30.3 Å². The van der Waals surface area contributed by atoms with E-state index in [1.54, 1.807) is 24.3 Å². The van der Waals surface area contributed by atoms with Gasteiger partial charge in [-0.05, 0) is 19.1 Å². The van der Waals surface area contributed by atoms with E-state index in [-0.39, 0.29) is 11.7 Å². The number of benzene rings is 1. The molecule has 1 aromatic carbocycles. The van der Waals surface area contributed by atoms with Crippen LogP contribution in [-0.2, 0) is 20.4 Å². The van der Waals surface area contributed by atoms with Crippen molar-refractivity contribution in [3.63, 3.8) is 0 Å². The molecule has 0 aromatic heterocycles. The Balaban J connectivity index is 2.69. The predicted octanol–water partition coefficient (Wildman–Crippen LogP) is 0.873. The standard InChI is InChI=1S/C12H15NO4S/c1-2-13(10-6-4-3-5-7-10)11(14)8-18(17)9-12(15)16/h3-7H,2,8-9H2,1H3,(H,15,16). The Kier molecular flexibility index (Phi) is 5.51. The lowest BCUT2D eigenvalue weighted by atomic mass is 10.3. The molecule has 0 aliphatic heterocycles. The number of carbonyl (C=O) groups is 2. The summed E-state index contributed by atoms with van der Waals surface area (Å²) in [5.74, 6) is -2.26. The van der Waals surface area contributed by atoms with Crippen molar-refractivity contribution in [2.24, 2.45) is 0 Å². The predicted molar refractivity (Wildman–Crippen MR) is 70.0 cm³/mol. The molecule has 0 aliphatic carbocycles. The summed E-state index contributed by atoms with van der Waals surface area (Å²) in [4.78, 5) is 23.8. The Labute approximate surface area is 108 Å². The lowest BCUT2D eigenvalue weighted by molar-refractivity contribution is -0.133. The summed E-state index contributed by atoms with van der Waals surface area (Å²) in [6, 6.07) is 9.01. The monoisotopic (exact) mass is 269 g/mol. The van der Waals surface area contributed by atoms with Gasteiger partial charge in [-0.2, -0.15) is 0 Å². The van der Waals surface area contributed by atoms with E-state index in [1.807, 2.05) is 13.0 Å². The van der Waals surface area contributed by atoms with Gasteiger partial charge in [0, 0.05) is 23.0 Å². The summed E-state index contributed by atoms with van der Waals surface area (Å²) in [5.41, 5.74) is 0.720. The number of aliphatic carboxylic acids is 1. The number of anilines is 1. The second-order valence-corrected chi connectivity index (χ2v) is 5.05. The summed E-state index contributed by atoms with van der Waals surface area (Å²) in [6.45, 7) is 2.26. The van der Waals surface area contributed by atoms with Crippen LogP contribution >= 0.6 is 0 Å². The van der Waals surface area contributed by atoms with Gasteiger partial charge in [0.05, 0.1) is 0 Å². The molecule has 1 N–H and O–H groups in total. The van der Waals surface area contributed by atoms with Crippen LogP contribution < -0.4 is 4.90 Å². The summed E-state index contributed by atoms with van der Waals surface area (Å²) in [7, 11) is -1.67. The zero-order valence-corrected chi connectivity index (χ0v) is 10.9. The van der Waals surface area contributed by atoms with E-state index in [1.165, 1.54) is 4.90 Å². The SMILES string of the molecule is CCN(C(=O)CS(=O)CC(=O)O)c1ccccc1. The van der Waals surface area contributed by atoms with Gasteiger partial charge in [-0.15, -0.1) is 0 Å². The highest BCUT2D eigenvalue weighted by molar-refractivity contribution is 7.86. The molecular weight excluding hydrogens is 254 g/mol. The third-order valence-electron chi connectivity index (χ3n) is 2.25. The number of amides is 1. The number of rotatable bonds is 6. The van der Waals surface area contributed by atoms with Crippen LogP contribution in [0.25, 0.3) is 0 Å². The first-order valence-electron chi connectivity index (χ1n) is 5.46. The van der Waals surface area contributed by atoms with Crippen molar-refractivity contribution >= 4 is 28.4 Å². The highest BCUT2D eigenvalue weighted by Crippen LogP contribution is 2.13. The van der Waals surface area contributed by atoms with Gasteiger partial charge in [0.2, 0.25) is 5.91 Å². The smallest absolute Gasteiger partial charge is 0.316 e. The Morgan fingerprint density at radius 3 is 2.33 bits per heavy atom. The Morgan fingerprint density at radius 1 is 1.22 bits per heavy atom. The van der Waals surface area contributed by atoms with E-state index in [0.29, 0.717) is 6.54 Å². The van der Waals surface area contributed by atoms with Crippen molar-refractivity contribution in [2.75, 3.05) is 23.0 Å². The molecule has 1 rings (SSSR count). The van der Waals surface area contributed by atoms with E-state index in [0.717, 1.165) is 5.69 Å². The van der Waals surface area contributed by atoms with E-state index < -0.39 is 22.5 Å². The van der Waals surface area contributed by atoms with Crippen LogP contribution in [0.4, 0.5) is 5.69 Å². The number of para-hydroxylation sites is 1. The third kappa shape index (κ3) is 4.29. The summed E-state index contributed by atoms with van der Waals surface area (Å²) in [5, 5.41) is 8.49. The van der Waals surface area contributed by atoms with Crippen molar-refractivity contribution in [1.82, 2.24) is 0 Å². The molecule has 18 heavy (non-hydrogen) atoms. The van der Waals surface area contributed by atoms with Crippen molar-refractivity contribution in [3.05, 3.63) is 30.3 Å². The number of hydrogen-bond donors (Lipinski definition) is 1. The molecule has 0 fully saturated rings. The van der Waals surface area contributed by atoms with Crippen LogP contribution in [0, 0.1) is 0 Å². The molecule has 98 valence electrons. The zero-order valence-electron chi connectivity index (χ0n) is 10.0. The van der Waals surface area contributed by atoms with Gasteiger partial charge in [-0.25, -0.2) is 0 Å². The van der Waals surface area contributed by atoms with Crippen molar-refractivity contribution in [2.45, 2.75) is 6.92 Å². The van der Waals surface area contributed by atoms with Gasteiger partial charge in [0.15, 0.2) is 0 Å². The maximum atomic E-state index is 11.9. The fourth-order valence-corrected chi connectivity index (χ4v) is 2.32. The highest BCUT2D eigenvalue weighted by atomic mass is 32.2. The second-order valence-electron chi connectivity index (χ2n) is 3.60. The van der Waals surface area contributed by atoms with Crippen LogP contribution in [0.5, 0.6) is 0 Å². The lowest BCUT2D eigenvalue weighted by Crippen LogP contribution is -2.35. The minimum absolute atomic E-state index is 0.269. The van der Waals surface area contributed by atoms with Crippen molar-refractivity contribution < 1.29 is 18.9 Å². The molecule has 0 aliphatic rings. The van der Waals surface area contributed by atoms with Crippen molar-refractivity contribution in [1.29, 1.82) is 0 Å². The molecule has 1 aromatic rings. The quantitative estimate of drug-likeness (QED) is 0.831. The first-order valence-corrected chi connectivity index (χ1v) is 6.95. The van der Waals surface area contributed by atoms with Gasteiger partial charge in [-0.3, -0.25) is 13.8 Å². The molecule has 0 bridgehead atoms. The average Bonchev–Trinajstić information content (AvgIpc) is 2.29. The molecule has 0 radical (unpaired) electrons. The van der Waals surface area contributed by atoms with Crippen molar-refractivity contribution in [3.8, 4) is 0 Å². The molecule has 1 unspecified atom stereocenters. The maximum Gasteiger partial charge on any atom is 0.316 e. The van der Waals surface area contributed by atoms with Crippen LogP contribution in [0.1, 0.15) is 6.92 Å².